The van der Waals surface area contributed by atoms with E-state index in [2.05, 4.69) is 5.32 Å². The highest BCUT2D eigenvalue weighted by molar-refractivity contribution is 7.90. The third-order valence-corrected chi connectivity index (χ3v) is 7.80. The van der Waals surface area contributed by atoms with Gasteiger partial charge in [0.2, 0.25) is 11.8 Å². The Morgan fingerprint density at radius 2 is 1.77 bits per heavy atom. The first kappa shape index (κ1) is 27.0. The highest BCUT2D eigenvalue weighted by Crippen LogP contribution is 2.30. The summed E-state index contributed by atoms with van der Waals surface area (Å²) in [6.45, 7) is 6.34. The van der Waals surface area contributed by atoms with Crippen LogP contribution in [0.3, 0.4) is 0 Å². The van der Waals surface area contributed by atoms with Crippen molar-refractivity contribution in [1.29, 1.82) is 0 Å². The molecule has 8 nitrogen and oxygen atoms in total. The Kier molecular flexibility index (Phi) is 7.83. The average Bonchev–Trinajstić information content (AvgIpc) is 2.94. The van der Waals surface area contributed by atoms with Crippen LogP contribution in [0.5, 0.6) is 0 Å². The lowest BCUT2D eigenvalue weighted by Crippen LogP contribution is -2.55. The third kappa shape index (κ3) is 5.79. The number of nitrogens with one attached hydrogen (secondary N) is 1. The number of nitrogens with zero attached hydrogens (tertiary/aromatic N) is 2. The molecule has 188 valence electrons. The molecule has 0 aromatic heterocycles. The standard InChI is InChI=1S/C24H27Cl2N3O5S/c1-5-19(22(31)27-24(2,3)4)28(13-15-10-11-16(25)12-18(15)26)21(30)14-29-23(32)17-8-6-7-9-20(17)35(29,33)34/h6-12,19H,5,13-14H2,1-4H3,(H,27,31). The van der Waals surface area contributed by atoms with Gasteiger partial charge in [-0.1, -0.05) is 48.3 Å². The second kappa shape index (κ2) is 10.2. The average molecular weight is 540 g/mol. The van der Waals surface area contributed by atoms with Crippen molar-refractivity contribution in [3.63, 3.8) is 0 Å². The van der Waals surface area contributed by atoms with Crippen LogP contribution in [0, 0.1) is 0 Å². The fraction of sp³-hybridized carbons (Fsp3) is 0.375. The summed E-state index contributed by atoms with van der Waals surface area (Å²) < 4.78 is 26.5. The lowest BCUT2D eigenvalue weighted by atomic mass is 10.1. The molecule has 1 aliphatic rings. The van der Waals surface area contributed by atoms with Gasteiger partial charge < -0.3 is 10.2 Å². The summed E-state index contributed by atoms with van der Waals surface area (Å²) in [7, 11) is -4.20. The number of rotatable bonds is 7. The maximum atomic E-state index is 13.6. The molecule has 35 heavy (non-hydrogen) atoms. The molecule has 11 heteroatoms. The van der Waals surface area contributed by atoms with Crippen LogP contribution in [-0.4, -0.2) is 53.5 Å². The first-order valence-corrected chi connectivity index (χ1v) is 13.2. The number of hydrogen-bond acceptors (Lipinski definition) is 5. The van der Waals surface area contributed by atoms with E-state index in [0.717, 1.165) is 0 Å². The van der Waals surface area contributed by atoms with Crippen molar-refractivity contribution in [3.8, 4) is 0 Å². The minimum atomic E-state index is -4.20. The Balaban J connectivity index is 1.97. The molecule has 2 aromatic rings. The smallest absolute Gasteiger partial charge is 0.269 e. The van der Waals surface area contributed by atoms with Gasteiger partial charge in [0.15, 0.2) is 0 Å². The molecule has 0 spiro atoms. The fourth-order valence-electron chi connectivity index (χ4n) is 3.81. The maximum absolute atomic E-state index is 13.6. The van der Waals surface area contributed by atoms with Gasteiger partial charge >= 0.3 is 0 Å². The minimum Gasteiger partial charge on any atom is -0.350 e. The van der Waals surface area contributed by atoms with Gasteiger partial charge in [-0.05, 0) is 57.0 Å². The van der Waals surface area contributed by atoms with Crippen molar-refractivity contribution in [2.24, 2.45) is 0 Å². The molecule has 1 unspecified atom stereocenters. The van der Waals surface area contributed by atoms with E-state index >= 15 is 0 Å². The van der Waals surface area contributed by atoms with Crippen LogP contribution < -0.4 is 5.32 Å². The van der Waals surface area contributed by atoms with Gasteiger partial charge in [0.1, 0.15) is 17.5 Å². The number of carbonyl (C=O) groups is 3. The molecular formula is C24H27Cl2N3O5S. The number of carbonyl (C=O) groups excluding carboxylic acids is 3. The van der Waals surface area contributed by atoms with Crippen LogP contribution in [0.1, 0.15) is 50.0 Å². The SMILES string of the molecule is CCC(C(=O)NC(C)(C)C)N(Cc1ccc(Cl)cc1Cl)C(=O)CN1C(=O)c2ccccc2S1(=O)=O. The summed E-state index contributed by atoms with van der Waals surface area (Å²) in [5.41, 5.74) is -0.0389. The zero-order valence-corrected chi connectivity index (χ0v) is 22.2. The highest BCUT2D eigenvalue weighted by Gasteiger charge is 2.43. The predicted octanol–water partition coefficient (Wildman–Crippen LogP) is 3.86. The summed E-state index contributed by atoms with van der Waals surface area (Å²) in [5, 5.41) is 3.56. The van der Waals surface area contributed by atoms with E-state index in [1.54, 1.807) is 25.1 Å². The van der Waals surface area contributed by atoms with Gasteiger partial charge in [-0.2, -0.15) is 0 Å². The van der Waals surface area contributed by atoms with Crippen LogP contribution >= 0.6 is 23.2 Å². The van der Waals surface area contributed by atoms with Gasteiger partial charge in [0, 0.05) is 22.1 Å². The van der Waals surface area contributed by atoms with Crippen molar-refractivity contribution >= 4 is 50.9 Å². The molecule has 0 saturated carbocycles. The summed E-state index contributed by atoms with van der Waals surface area (Å²) in [6, 6.07) is 9.60. The number of benzene rings is 2. The lowest BCUT2D eigenvalue weighted by molar-refractivity contribution is -0.141. The number of sulfonamides is 1. The predicted molar refractivity (Wildman–Crippen MR) is 134 cm³/mol. The molecule has 1 N–H and O–H groups in total. The van der Waals surface area contributed by atoms with Crippen LogP contribution in [0.4, 0.5) is 0 Å². The monoisotopic (exact) mass is 539 g/mol. The van der Waals surface area contributed by atoms with Gasteiger partial charge in [0.25, 0.3) is 15.9 Å². The minimum absolute atomic E-state index is 0.00473. The molecule has 0 radical (unpaired) electrons. The topological polar surface area (TPSA) is 104 Å². The van der Waals surface area contributed by atoms with Crippen molar-refractivity contribution < 1.29 is 22.8 Å². The summed E-state index contributed by atoms with van der Waals surface area (Å²) >= 11 is 12.3. The largest absolute Gasteiger partial charge is 0.350 e. The Morgan fingerprint density at radius 1 is 1.11 bits per heavy atom. The van der Waals surface area contributed by atoms with Crippen molar-refractivity contribution in [1.82, 2.24) is 14.5 Å². The zero-order valence-electron chi connectivity index (χ0n) is 19.8. The number of amides is 3. The summed E-state index contributed by atoms with van der Waals surface area (Å²) in [4.78, 5) is 40.6. The van der Waals surface area contributed by atoms with Crippen molar-refractivity contribution in [3.05, 3.63) is 63.6 Å². The second-order valence-electron chi connectivity index (χ2n) is 9.23. The van der Waals surface area contributed by atoms with Crippen molar-refractivity contribution in [2.45, 2.75) is 57.1 Å². The lowest BCUT2D eigenvalue weighted by Gasteiger charge is -2.34. The van der Waals surface area contributed by atoms with E-state index < -0.39 is 45.9 Å². The maximum Gasteiger partial charge on any atom is 0.269 e. The highest BCUT2D eigenvalue weighted by atomic mass is 35.5. The molecule has 0 fully saturated rings. The number of hydrogen-bond donors (Lipinski definition) is 1. The molecule has 1 heterocycles. The fourth-order valence-corrected chi connectivity index (χ4v) is 5.79. The van der Waals surface area contributed by atoms with Crippen LogP contribution in [0.15, 0.2) is 47.4 Å². The quantitative estimate of drug-likeness (QED) is 0.575. The van der Waals surface area contributed by atoms with E-state index in [1.165, 1.54) is 29.2 Å². The van der Waals surface area contributed by atoms with E-state index in [4.69, 9.17) is 23.2 Å². The molecule has 0 saturated heterocycles. The van der Waals surface area contributed by atoms with E-state index in [-0.39, 0.29) is 23.4 Å². The van der Waals surface area contributed by atoms with Crippen LogP contribution in [0.25, 0.3) is 0 Å². The van der Waals surface area contributed by atoms with E-state index in [0.29, 0.717) is 19.9 Å². The zero-order chi connectivity index (χ0) is 26.1. The Morgan fingerprint density at radius 3 is 2.34 bits per heavy atom. The first-order valence-electron chi connectivity index (χ1n) is 11.0. The molecule has 1 aliphatic heterocycles. The number of fused-ring (bicyclic) bond motifs is 1. The van der Waals surface area contributed by atoms with E-state index in [1.807, 2.05) is 20.8 Å². The van der Waals surface area contributed by atoms with Crippen LogP contribution in [-0.2, 0) is 26.2 Å². The molecule has 3 rings (SSSR count). The van der Waals surface area contributed by atoms with Crippen molar-refractivity contribution in [2.75, 3.05) is 6.54 Å². The van der Waals surface area contributed by atoms with Gasteiger partial charge in [-0.25, -0.2) is 12.7 Å². The van der Waals surface area contributed by atoms with Crippen LogP contribution in [0.2, 0.25) is 10.0 Å². The Bertz CT molecular complexity index is 1270. The first-order chi connectivity index (χ1) is 16.3. The Labute approximate surface area is 215 Å². The van der Waals surface area contributed by atoms with Gasteiger partial charge in [-0.15, -0.1) is 0 Å². The molecule has 3 amide bonds. The second-order valence-corrected chi connectivity index (χ2v) is 11.9. The molecule has 0 bridgehead atoms. The van der Waals surface area contributed by atoms with Gasteiger partial charge in [-0.3, -0.25) is 14.4 Å². The number of halogens is 2. The third-order valence-electron chi connectivity index (χ3n) is 5.43. The molecule has 0 aliphatic carbocycles. The normalized spacial score (nSPS) is 15.5. The summed E-state index contributed by atoms with van der Waals surface area (Å²) in [6.07, 6.45) is 0.250. The molecule has 1 atom stereocenters. The molecular weight excluding hydrogens is 513 g/mol. The Hall–Kier alpha value is -2.62. The molecule has 2 aromatic carbocycles. The summed E-state index contributed by atoms with van der Waals surface area (Å²) in [5.74, 6) is -1.90. The van der Waals surface area contributed by atoms with Gasteiger partial charge in [0.05, 0.1) is 5.56 Å². The van der Waals surface area contributed by atoms with E-state index in [9.17, 15) is 22.8 Å².